The molecule has 0 aromatic rings. The van der Waals surface area contributed by atoms with Gasteiger partial charge < -0.3 is 4.74 Å². The van der Waals surface area contributed by atoms with Gasteiger partial charge in [0.05, 0.1) is 13.0 Å². The van der Waals surface area contributed by atoms with Crippen LogP contribution in [0.15, 0.2) is 0 Å². The normalized spacial score (nSPS) is 10.9. The molecular weight excluding hydrogens is 256 g/mol. The first-order valence-corrected chi connectivity index (χ1v) is 8.48. The molecule has 0 fully saturated rings. The van der Waals surface area contributed by atoms with Crippen LogP contribution >= 0.6 is 12.6 Å². The van der Waals surface area contributed by atoms with E-state index in [1.165, 1.54) is 51.4 Å². The van der Waals surface area contributed by atoms with Crippen LogP contribution in [0.25, 0.3) is 0 Å². The van der Waals surface area contributed by atoms with E-state index < -0.39 is 0 Å². The first kappa shape index (κ1) is 18.8. The third kappa shape index (κ3) is 15.8. The highest BCUT2D eigenvalue weighted by Gasteiger charge is 2.00. The summed E-state index contributed by atoms with van der Waals surface area (Å²) in [7, 11) is 0. The van der Waals surface area contributed by atoms with Gasteiger partial charge in [-0.1, -0.05) is 77.8 Å². The molecule has 0 bridgehead atoms. The standard InChI is InChI=1S/C16H31O2S/c1-15(2)11-9-7-5-3-4-6-8-10-13-18-16(17)12-14-19/h15H,3-14H2,1-2H3. The van der Waals surface area contributed by atoms with E-state index in [9.17, 15) is 4.79 Å². The zero-order valence-electron chi connectivity index (χ0n) is 12.8. The number of hydrogen-bond acceptors (Lipinski definition) is 2. The maximum absolute atomic E-state index is 11.0. The Kier molecular flexibility index (Phi) is 14.1. The molecule has 3 heteroatoms. The van der Waals surface area contributed by atoms with E-state index in [1.807, 2.05) is 0 Å². The van der Waals surface area contributed by atoms with Gasteiger partial charge in [-0.2, -0.15) is 0 Å². The number of hydrogen-bond donors (Lipinski definition) is 0. The van der Waals surface area contributed by atoms with E-state index in [2.05, 4.69) is 13.8 Å². The van der Waals surface area contributed by atoms with E-state index in [1.54, 1.807) is 0 Å². The zero-order chi connectivity index (χ0) is 14.3. The molecule has 0 heterocycles. The lowest BCUT2D eigenvalue weighted by Gasteiger charge is -2.05. The van der Waals surface area contributed by atoms with E-state index in [0.717, 1.165) is 12.3 Å². The molecule has 0 rings (SSSR count). The Hall–Kier alpha value is -0.180. The summed E-state index contributed by atoms with van der Waals surface area (Å²) in [5, 5.41) is 0. The number of carbonyl (C=O) groups excluding carboxylic acids is 1. The quantitative estimate of drug-likeness (QED) is 0.340. The van der Waals surface area contributed by atoms with Crippen LogP contribution in [0.4, 0.5) is 0 Å². The smallest absolute Gasteiger partial charge is 0.306 e. The maximum atomic E-state index is 11.0. The summed E-state index contributed by atoms with van der Waals surface area (Å²) in [5.41, 5.74) is 0. The van der Waals surface area contributed by atoms with Gasteiger partial charge in [-0.15, -0.1) is 0 Å². The summed E-state index contributed by atoms with van der Waals surface area (Å²) >= 11 is 4.72. The first-order chi connectivity index (χ1) is 9.16. The van der Waals surface area contributed by atoms with Crippen LogP contribution in [0.2, 0.25) is 0 Å². The Labute approximate surface area is 125 Å². The van der Waals surface area contributed by atoms with E-state index in [4.69, 9.17) is 17.4 Å². The number of ether oxygens (including phenoxy) is 1. The van der Waals surface area contributed by atoms with E-state index in [-0.39, 0.29) is 5.97 Å². The summed E-state index contributed by atoms with van der Waals surface area (Å²) in [5.74, 6) is 1.18. The van der Waals surface area contributed by atoms with Crippen molar-refractivity contribution in [3.63, 3.8) is 0 Å². The third-order valence-corrected chi connectivity index (χ3v) is 3.45. The van der Waals surface area contributed by atoms with Gasteiger partial charge in [0.2, 0.25) is 0 Å². The third-order valence-electron chi connectivity index (χ3n) is 3.25. The molecule has 0 aliphatic carbocycles. The minimum Gasteiger partial charge on any atom is -0.466 e. The molecule has 0 unspecified atom stereocenters. The summed E-state index contributed by atoms with van der Waals surface area (Å²) < 4.78 is 5.06. The molecule has 0 atom stereocenters. The van der Waals surface area contributed by atoms with Crippen molar-refractivity contribution in [2.24, 2.45) is 5.92 Å². The van der Waals surface area contributed by atoms with Gasteiger partial charge in [-0.25, -0.2) is 0 Å². The van der Waals surface area contributed by atoms with Crippen molar-refractivity contribution in [1.29, 1.82) is 0 Å². The van der Waals surface area contributed by atoms with Gasteiger partial charge in [0.1, 0.15) is 0 Å². The Morgan fingerprint density at radius 2 is 1.47 bits per heavy atom. The largest absolute Gasteiger partial charge is 0.466 e. The average Bonchev–Trinajstić information content (AvgIpc) is 2.36. The van der Waals surface area contributed by atoms with Crippen molar-refractivity contribution in [3.05, 3.63) is 0 Å². The summed E-state index contributed by atoms with van der Waals surface area (Å²) in [4.78, 5) is 11.0. The Morgan fingerprint density at radius 1 is 0.947 bits per heavy atom. The lowest BCUT2D eigenvalue weighted by atomic mass is 10.0. The monoisotopic (exact) mass is 287 g/mol. The minimum absolute atomic E-state index is 0.139. The van der Waals surface area contributed by atoms with Crippen molar-refractivity contribution in [3.8, 4) is 0 Å². The van der Waals surface area contributed by atoms with Crippen LogP contribution < -0.4 is 0 Å². The van der Waals surface area contributed by atoms with Crippen molar-refractivity contribution >= 4 is 18.6 Å². The molecule has 113 valence electrons. The van der Waals surface area contributed by atoms with Gasteiger partial charge in [-0.3, -0.25) is 4.79 Å². The highest BCUT2D eigenvalue weighted by molar-refractivity contribution is 7.80. The van der Waals surface area contributed by atoms with E-state index in [0.29, 0.717) is 18.8 Å². The van der Waals surface area contributed by atoms with Crippen molar-refractivity contribution in [1.82, 2.24) is 0 Å². The SMILES string of the molecule is CC(C)CCCCCCCCCCOC(=O)CC[S]. The van der Waals surface area contributed by atoms with Crippen LogP contribution in [0.5, 0.6) is 0 Å². The van der Waals surface area contributed by atoms with Gasteiger partial charge in [0.15, 0.2) is 0 Å². The summed E-state index contributed by atoms with van der Waals surface area (Å²) in [6.07, 6.45) is 12.0. The van der Waals surface area contributed by atoms with Crippen LogP contribution in [0.1, 0.15) is 78.1 Å². The number of esters is 1. The van der Waals surface area contributed by atoms with Gasteiger partial charge in [0, 0.05) is 5.75 Å². The summed E-state index contributed by atoms with van der Waals surface area (Å²) in [6.45, 7) is 5.16. The molecule has 1 radical (unpaired) electrons. The average molecular weight is 287 g/mol. The fourth-order valence-corrected chi connectivity index (χ4v) is 2.22. The number of carbonyl (C=O) groups is 1. The van der Waals surface area contributed by atoms with Crippen molar-refractivity contribution in [2.45, 2.75) is 78.1 Å². The molecule has 0 aromatic heterocycles. The Bertz CT molecular complexity index is 205. The van der Waals surface area contributed by atoms with Crippen LogP contribution in [-0.2, 0) is 9.53 Å². The maximum Gasteiger partial charge on any atom is 0.306 e. The second-order valence-electron chi connectivity index (χ2n) is 5.69. The fourth-order valence-electron chi connectivity index (χ4n) is 2.06. The zero-order valence-corrected chi connectivity index (χ0v) is 13.6. The predicted octanol–water partition coefficient (Wildman–Crippen LogP) is 5.28. The first-order valence-electron chi connectivity index (χ1n) is 7.90. The second-order valence-corrected chi connectivity index (χ2v) is 6.09. The van der Waals surface area contributed by atoms with Crippen LogP contribution in [-0.4, -0.2) is 18.3 Å². The summed E-state index contributed by atoms with van der Waals surface area (Å²) in [6, 6.07) is 0. The Morgan fingerprint density at radius 3 is 2.00 bits per heavy atom. The van der Waals surface area contributed by atoms with Gasteiger partial charge >= 0.3 is 5.97 Å². The molecule has 0 spiro atoms. The second kappa shape index (κ2) is 14.2. The predicted molar refractivity (Wildman–Crippen MR) is 84.4 cm³/mol. The number of rotatable bonds is 13. The molecule has 0 saturated carbocycles. The van der Waals surface area contributed by atoms with Crippen LogP contribution in [0.3, 0.4) is 0 Å². The molecular formula is C16H31O2S. The lowest BCUT2D eigenvalue weighted by molar-refractivity contribution is -0.143. The van der Waals surface area contributed by atoms with Crippen molar-refractivity contribution < 1.29 is 9.53 Å². The molecule has 19 heavy (non-hydrogen) atoms. The molecule has 0 aromatic carbocycles. The molecule has 2 nitrogen and oxygen atoms in total. The molecule has 0 amide bonds. The van der Waals surface area contributed by atoms with Gasteiger partial charge in [0.25, 0.3) is 0 Å². The highest BCUT2D eigenvalue weighted by atomic mass is 32.1. The highest BCUT2D eigenvalue weighted by Crippen LogP contribution is 2.12. The lowest BCUT2D eigenvalue weighted by Crippen LogP contribution is -2.06. The topological polar surface area (TPSA) is 26.3 Å². The molecule has 0 N–H and O–H groups in total. The molecule has 0 aliphatic rings. The van der Waals surface area contributed by atoms with Gasteiger partial charge in [-0.05, 0) is 12.3 Å². The fraction of sp³-hybridized carbons (Fsp3) is 0.938. The Balaban J connectivity index is 3.05. The number of unbranched alkanes of at least 4 members (excludes halogenated alkanes) is 7. The van der Waals surface area contributed by atoms with E-state index >= 15 is 0 Å². The molecule has 0 saturated heterocycles. The van der Waals surface area contributed by atoms with Crippen molar-refractivity contribution in [2.75, 3.05) is 12.4 Å². The minimum atomic E-state index is -0.139. The van der Waals surface area contributed by atoms with Crippen LogP contribution in [0, 0.1) is 5.92 Å². The molecule has 0 aliphatic heterocycles.